The van der Waals surface area contributed by atoms with Crippen LogP contribution in [0, 0.1) is 5.41 Å². The van der Waals surface area contributed by atoms with Crippen molar-refractivity contribution in [1.82, 2.24) is 4.90 Å². The van der Waals surface area contributed by atoms with Gasteiger partial charge in [0.25, 0.3) is 0 Å². The number of nitrogens with zero attached hydrogens (tertiary/aromatic N) is 1. The SMILES string of the molecule is CC(C)(C)C(=O)N1CCc2ccc(O)cc2C1c1ccccc1. The number of carbonyl (C=O) groups excluding carboxylic acids is 1. The van der Waals surface area contributed by atoms with Gasteiger partial charge in [0.2, 0.25) is 5.91 Å². The minimum atomic E-state index is -0.429. The normalized spacial score (nSPS) is 17.7. The number of benzene rings is 2. The topological polar surface area (TPSA) is 40.5 Å². The van der Waals surface area contributed by atoms with E-state index in [0.717, 1.165) is 17.5 Å². The van der Waals surface area contributed by atoms with Gasteiger partial charge in [-0.3, -0.25) is 4.79 Å². The van der Waals surface area contributed by atoms with E-state index in [2.05, 4.69) is 0 Å². The van der Waals surface area contributed by atoms with E-state index in [1.807, 2.05) is 62.1 Å². The predicted molar refractivity (Wildman–Crippen MR) is 91.3 cm³/mol. The zero-order chi connectivity index (χ0) is 16.6. The monoisotopic (exact) mass is 309 g/mol. The van der Waals surface area contributed by atoms with Crippen LogP contribution in [0.3, 0.4) is 0 Å². The first-order valence-corrected chi connectivity index (χ1v) is 8.06. The molecule has 0 spiro atoms. The van der Waals surface area contributed by atoms with Crippen LogP contribution in [0.5, 0.6) is 5.75 Å². The Hall–Kier alpha value is -2.29. The second-order valence-corrected chi connectivity index (χ2v) is 7.19. The van der Waals surface area contributed by atoms with Crippen LogP contribution in [-0.4, -0.2) is 22.5 Å². The molecular formula is C20H23NO2. The molecule has 120 valence electrons. The van der Waals surface area contributed by atoms with Gasteiger partial charge < -0.3 is 10.0 Å². The number of hydrogen-bond donors (Lipinski definition) is 1. The number of amides is 1. The van der Waals surface area contributed by atoms with Gasteiger partial charge in [-0.25, -0.2) is 0 Å². The van der Waals surface area contributed by atoms with E-state index in [1.54, 1.807) is 12.1 Å². The number of fused-ring (bicyclic) bond motifs is 1. The van der Waals surface area contributed by atoms with Crippen molar-refractivity contribution in [1.29, 1.82) is 0 Å². The molecule has 0 aliphatic carbocycles. The van der Waals surface area contributed by atoms with Crippen molar-refractivity contribution in [3.8, 4) is 5.75 Å². The molecular weight excluding hydrogens is 286 g/mol. The molecule has 1 aliphatic rings. The van der Waals surface area contributed by atoms with Gasteiger partial charge in [-0.15, -0.1) is 0 Å². The number of phenols is 1. The molecule has 1 aliphatic heterocycles. The lowest BCUT2D eigenvalue weighted by molar-refractivity contribution is -0.141. The van der Waals surface area contributed by atoms with Gasteiger partial charge in [0.15, 0.2) is 0 Å². The quantitative estimate of drug-likeness (QED) is 0.867. The fraction of sp³-hybridized carbons (Fsp3) is 0.350. The molecule has 3 heteroatoms. The van der Waals surface area contributed by atoms with E-state index in [9.17, 15) is 9.90 Å². The fourth-order valence-corrected chi connectivity index (χ4v) is 3.25. The summed E-state index contributed by atoms with van der Waals surface area (Å²) in [5.74, 6) is 0.384. The van der Waals surface area contributed by atoms with Gasteiger partial charge in [0, 0.05) is 12.0 Å². The molecule has 0 aromatic heterocycles. The predicted octanol–water partition coefficient (Wildman–Crippen LogP) is 3.91. The fourth-order valence-electron chi connectivity index (χ4n) is 3.25. The molecule has 1 amide bonds. The molecule has 3 rings (SSSR count). The lowest BCUT2D eigenvalue weighted by atomic mass is 9.85. The maximum absolute atomic E-state index is 13.0. The Morgan fingerprint density at radius 1 is 1.13 bits per heavy atom. The highest BCUT2D eigenvalue weighted by molar-refractivity contribution is 5.83. The van der Waals surface area contributed by atoms with Crippen LogP contribution in [0.15, 0.2) is 48.5 Å². The second-order valence-electron chi connectivity index (χ2n) is 7.19. The van der Waals surface area contributed by atoms with E-state index in [0.29, 0.717) is 6.54 Å². The van der Waals surface area contributed by atoms with Gasteiger partial charge in [-0.1, -0.05) is 57.2 Å². The molecule has 2 aromatic carbocycles. The molecule has 0 fully saturated rings. The summed E-state index contributed by atoms with van der Waals surface area (Å²) in [5, 5.41) is 9.93. The third-order valence-corrected chi connectivity index (χ3v) is 4.38. The first-order chi connectivity index (χ1) is 10.9. The van der Waals surface area contributed by atoms with Crippen molar-refractivity contribution < 1.29 is 9.90 Å². The van der Waals surface area contributed by atoms with E-state index >= 15 is 0 Å². The van der Waals surface area contributed by atoms with Crippen molar-refractivity contribution >= 4 is 5.91 Å². The average molecular weight is 309 g/mol. The van der Waals surface area contributed by atoms with E-state index < -0.39 is 5.41 Å². The van der Waals surface area contributed by atoms with Crippen LogP contribution < -0.4 is 0 Å². The van der Waals surface area contributed by atoms with Crippen LogP contribution in [0.2, 0.25) is 0 Å². The van der Waals surface area contributed by atoms with Gasteiger partial charge >= 0.3 is 0 Å². The maximum Gasteiger partial charge on any atom is 0.228 e. The number of rotatable bonds is 1. The van der Waals surface area contributed by atoms with Gasteiger partial charge in [0.05, 0.1) is 6.04 Å². The van der Waals surface area contributed by atoms with E-state index in [-0.39, 0.29) is 17.7 Å². The minimum Gasteiger partial charge on any atom is -0.508 e. The van der Waals surface area contributed by atoms with E-state index in [1.165, 1.54) is 5.56 Å². The largest absolute Gasteiger partial charge is 0.508 e. The van der Waals surface area contributed by atoms with Crippen molar-refractivity contribution in [2.75, 3.05) is 6.54 Å². The summed E-state index contributed by atoms with van der Waals surface area (Å²) in [5.41, 5.74) is 2.88. The zero-order valence-corrected chi connectivity index (χ0v) is 13.9. The van der Waals surface area contributed by atoms with Crippen molar-refractivity contribution in [3.63, 3.8) is 0 Å². The van der Waals surface area contributed by atoms with Crippen LogP contribution in [0.4, 0.5) is 0 Å². The molecule has 2 aromatic rings. The second kappa shape index (κ2) is 5.73. The zero-order valence-electron chi connectivity index (χ0n) is 13.9. The molecule has 0 saturated heterocycles. The Morgan fingerprint density at radius 3 is 2.48 bits per heavy atom. The molecule has 1 N–H and O–H groups in total. The van der Waals surface area contributed by atoms with Crippen LogP contribution in [0.25, 0.3) is 0 Å². The number of aromatic hydroxyl groups is 1. The standard InChI is InChI=1S/C20H23NO2/c1-20(2,3)19(23)21-12-11-14-9-10-16(22)13-17(14)18(21)15-7-5-4-6-8-15/h4-10,13,18,22H,11-12H2,1-3H3. The van der Waals surface area contributed by atoms with Crippen LogP contribution >= 0.6 is 0 Å². The summed E-state index contributed by atoms with van der Waals surface area (Å²) < 4.78 is 0. The summed E-state index contributed by atoms with van der Waals surface area (Å²) >= 11 is 0. The third kappa shape index (κ3) is 2.96. The number of hydrogen-bond acceptors (Lipinski definition) is 2. The molecule has 0 saturated carbocycles. The first kappa shape index (κ1) is 15.6. The minimum absolute atomic E-state index is 0.139. The highest BCUT2D eigenvalue weighted by atomic mass is 16.3. The van der Waals surface area contributed by atoms with Crippen molar-refractivity contribution in [2.45, 2.75) is 33.2 Å². The molecule has 1 atom stereocenters. The Labute approximate surface area is 137 Å². The molecule has 1 unspecified atom stereocenters. The molecule has 23 heavy (non-hydrogen) atoms. The summed E-state index contributed by atoms with van der Waals surface area (Å²) in [7, 11) is 0. The van der Waals surface area contributed by atoms with Gasteiger partial charge in [-0.2, -0.15) is 0 Å². The number of carbonyl (C=O) groups is 1. The van der Waals surface area contributed by atoms with Gasteiger partial charge in [-0.05, 0) is 35.2 Å². The molecule has 0 bridgehead atoms. The van der Waals surface area contributed by atoms with Crippen molar-refractivity contribution in [3.05, 3.63) is 65.2 Å². The van der Waals surface area contributed by atoms with E-state index in [4.69, 9.17) is 0 Å². The lowest BCUT2D eigenvalue weighted by Crippen LogP contribution is -2.45. The Balaban J connectivity index is 2.13. The Bertz CT molecular complexity index is 716. The summed E-state index contributed by atoms with van der Waals surface area (Å²) in [4.78, 5) is 14.9. The summed E-state index contributed by atoms with van der Waals surface area (Å²) in [6.07, 6.45) is 0.820. The third-order valence-electron chi connectivity index (χ3n) is 4.38. The highest BCUT2D eigenvalue weighted by Crippen LogP contribution is 2.38. The van der Waals surface area contributed by atoms with Crippen molar-refractivity contribution in [2.24, 2.45) is 5.41 Å². The first-order valence-electron chi connectivity index (χ1n) is 8.06. The Kier molecular flexibility index (Phi) is 3.88. The molecule has 3 nitrogen and oxygen atoms in total. The molecule has 1 heterocycles. The lowest BCUT2D eigenvalue weighted by Gasteiger charge is -2.40. The van der Waals surface area contributed by atoms with Gasteiger partial charge in [0.1, 0.15) is 5.75 Å². The van der Waals surface area contributed by atoms with Crippen LogP contribution in [0.1, 0.15) is 43.5 Å². The highest BCUT2D eigenvalue weighted by Gasteiger charge is 2.36. The average Bonchev–Trinajstić information content (AvgIpc) is 2.53. The summed E-state index contributed by atoms with van der Waals surface area (Å²) in [6.45, 7) is 6.56. The maximum atomic E-state index is 13.0. The smallest absolute Gasteiger partial charge is 0.228 e. The Morgan fingerprint density at radius 2 is 1.83 bits per heavy atom. The number of phenolic OH excluding ortho intramolecular Hbond substituents is 1. The molecule has 0 radical (unpaired) electrons. The summed E-state index contributed by atoms with van der Waals surface area (Å²) in [6, 6.07) is 15.4. The van der Waals surface area contributed by atoms with Crippen LogP contribution in [-0.2, 0) is 11.2 Å².